The number of nitrogens with two attached hydrogens (primary N) is 1. The molecule has 0 fully saturated rings. The van der Waals surface area contributed by atoms with E-state index in [0.29, 0.717) is 5.82 Å². The summed E-state index contributed by atoms with van der Waals surface area (Å²) in [6, 6.07) is 23.3. The molecule has 1 heterocycles. The maximum atomic E-state index is 7.95. The standard InChI is InChI=1S/C20H20N4O/c1-25-18-12-10-17(11-13-18)24(20(21)22)19-9-5-8-16(23-19)14-15-6-3-2-4-7-15/h2-13H,14H2,1H3,(H3,21,22). The molecule has 0 saturated heterocycles. The predicted octanol–water partition coefficient (Wildman–Crippen LogP) is 3.71. The molecule has 0 radical (unpaired) electrons. The van der Waals surface area contributed by atoms with E-state index in [1.807, 2.05) is 60.7 Å². The smallest absolute Gasteiger partial charge is 0.198 e. The molecule has 0 amide bonds. The van der Waals surface area contributed by atoms with E-state index in [1.165, 1.54) is 5.56 Å². The SMILES string of the molecule is COc1ccc(N(C(=N)N)c2cccc(Cc3ccccc3)n2)cc1. The van der Waals surface area contributed by atoms with Crippen molar-refractivity contribution in [3.63, 3.8) is 0 Å². The number of ether oxygens (including phenoxy) is 1. The molecule has 1 aromatic heterocycles. The van der Waals surface area contributed by atoms with Crippen LogP contribution < -0.4 is 15.4 Å². The Balaban J connectivity index is 1.91. The molecule has 2 aromatic carbocycles. The van der Waals surface area contributed by atoms with Crippen LogP contribution in [0, 0.1) is 5.41 Å². The number of nitrogens with zero attached hydrogens (tertiary/aromatic N) is 2. The summed E-state index contributed by atoms with van der Waals surface area (Å²) >= 11 is 0. The van der Waals surface area contributed by atoms with Crippen molar-refractivity contribution >= 4 is 17.5 Å². The lowest BCUT2D eigenvalue weighted by Crippen LogP contribution is -2.33. The Kier molecular flexibility index (Phi) is 4.95. The number of rotatable bonds is 5. The first kappa shape index (κ1) is 16.5. The molecule has 0 spiro atoms. The highest BCUT2D eigenvalue weighted by Gasteiger charge is 2.14. The Labute approximate surface area is 147 Å². The van der Waals surface area contributed by atoms with Crippen LogP contribution in [0.3, 0.4) is 0 Å². The predicted molar refractivity (Wildman–Crippen MR) is 101 cm³/mol. The van der Waals surface area contributed by atoms with Crippen LogP contribution in [0.25, 0.3) is 0 Å². The Morgan fingerprint density at radius 3 is 2.36 bits per heavy atom. The zero-order chi connectivity index (χ0) is 17.6. The molecule has 5 heteroatoms. The molecule has 0 saturated carbocycles. The highest BCUT2D eigenvalue weighted by Crippen LogP contribution is 2.26. The molecule has 0 aliphatic carbocycles. The van der Waals surface area contributed by atoms with Crippen molar-refractivity contribution in [2.45, 2.75) is 6.42 Å². The number of hydrogen-bond acceptors (Lipinski definition) is 3. The summed E-state index contributed by atoms with van der Waals surface area (Å²) < 4.78 is 5.18. The number of benzene rings is 2. The van der Waals surface area contributed by atoms with Gasteiger partial charge < -0.3 is 10.5 Å². The highest BCUT2D eigenvalue weighted by molar-refractivity contribution is 5.98. The van der Waals surface area contributed by atoms with Crippen molar-refractivity contribution in [2.75, 3.05) is 12.0 Å². The number of guanidine groups is 1. The maximum Gasteiger partial charge on any atom is 0.198 e. The maximum absolute atomic E-state index is 7.95. The molecule has 5 nitrogen and oxygen atoms in total. The first-order valence-electron chi connectivity index (χ1n) is 7.95. The molecule has 0 atom stereocenters. The van der Waals surface area contributed by atoms with Gasteiger partial charge >= 0.3 is 0 Å². The summed E-state index contributed by atoms with van der Waals surface area (Å²) in [5, 5.41) is 7.95. The fourth-order valence-corrected chi connectivity index (χ4v) is 2.62. The lowest BCUT2D eigenvalue weighted by molar-refractivity contribution is 0.415. The van der Waals surface area contributed by atoms with Gasteiger partial charge in [0.05, 0.1) is 12.8 Å². The molecular formula is C20H20N4O. The summed E-state index contributed by atoms with van der Waals surface area (Å²) in [4.78, 5) is 6.29. The van der Waals surface area contributed by atoms with E-state index >= 15 is 0 Å². The van der Waals surface area contributed by atoms with Crippen LogP contribution in [0.5, 0.6) is 5.75 Å². The van der Waals surface area contributed by atoms with E-state index in [-0.39, 0.29) is 5.96 Å². The van der Waals surface area contributed by atoms with E-state index in [4.69, 9.17) is 15.9 Å². The quantitative estimate of drug-likeness (QED) is 0.552. The minimum absolute atomic E-state index is 0.0884. The molecule has 3 rings (SSSR count). The number of hydrogen-bond donors (Lipinski definition) is 2. The summed E-state index contributed by atoms with van der Waals surface area (Å²) in [6.07, 6.45) is 0.725. The van der Waals surface area contributed by atoms with Crippen molar-refractivity contribution in [3.05, 3.63) is 84.1 Å². The monoisotopic (exact) mass is 332 g/mol. The molecule has 0 bridgehead atoms. The molecule has 25 heavy (non-hydrogen) atoms. The Bertz CT molecular complexity index is 847. The molecule has 126 valence electrons. The lowest BCUT2D eigenvalue weighted by Gasteiger charge is -2.22. The van der Waals surface area contributed by atoms with Crippen LogP contribution in [-0.2, 0) is 6.42 Å². The van der Waals surface area contributed by atoms with Gasteiger partial charge in [-0.05, 0) is 42.0 Å². The van der Waals surface area contributed by atoms with Crippen LogP contribution in [0.15, 0.2) is 72.8 Å². The molecular weight excluding hydrogens is 312 g/mol. The van der Waals surface area contributed by atoms with Gasteiger partial charge in [0.2, 0.25) is 0 Å². The zero-order valence-corrected chi connectivity index (χ0v) is 14.0. The van der Waals surface area contributed by atoms with Gasteiger partial charge in [0.25, 0.3) is 0 Å². The van der Waals surface area contributed by atoms with Gasteiger partial charge in [0, 0.05) is 12.1 Å². The van der Waals surface area contributed by atoms with E-state index in [0.717, 1.165) is 23.6 Å². The Morgan fingerprint density at radius 1 is 1.00 bits per heavy atom. The average molecular weight is 332 g/mol. The minimum atomic E-state index is -0.0884. The Morgan fingerprint density at radius 2 is 1.72 bits per heavy atom. The van der Waals surface area contributed by atoms with E-state index in [2.05, 4.69) is 17.1 Å². The number of nitrogens with one attached hydrogen (secondary N) is 1. The van der Waals surface area contributed by atoms with Gasteiger partial charge in [-0.25, -0.2) is 4.98 Å². The summed E-state index contributed by atoms with van der Waals surface area (Å²) in [6.45, 7) is 0. The van der Waals surface area contributed by atoms with Gasteiger partial charge in [0.15, 0.2) is 5.96 Å². The molecule has 0 aliphatic heterocycles. The number of pyridine rings is 1. The van der Waals surface area contributed by atoms with Crippen LogP contribution in [-0.4, -0.2) is 18.1 Å². The van der Waals surface area contributed by atoms with Gasteiger partial charge in [-0.15, -0.1) is 0 Å². The molecule has 0 aliphatic rings. The van der Waals surface area contributed by atoms with E-state index < -0.39 is 0 Å². The molecule has 3 aromatic rings. The second-order valence-electron chi connectivity index (χ2n) is 5.57. The van der Waals surface area contributed by atoms with Crippen LogP contribution in [0.2, 0.25) is 0 Å². The van der Waals surface area contributed by atoms with Gasteiger partial charge in [-0.3, -0.25) is 10.3 Å². The largest absolute Gasteiger partial charge is 0.497 e. The first-order valence-corrected chi connectivity index (χ1v) is 7.95. The highest BCUT2D eigenvalue weighted by atomic mass is 16.5. The van der Waals surface area contributed by atoms with Crippen molar-refractivity contribution in [1.29, 1.82) is 5.41 Å². The molecule has 3 N–H and O–H groups in total. The van der Waals surface area contributed by atoms with Crippen molar-refractivity contribution in [1.82, 2.24) is 4.98 Å². The van der Waals surface area contributed by atoms with Gasteiger partial charge in [-0.1, -0.05) is 36.4 Å². The topological polar surface area (TPSA) is 75.2 Å². The van der Waals surface area contributed by atoms with E-state index in [9.17, 15) is 0 Å². The first-order chi connectivity index (χ1) is 12.2. The fraction of sp³-hybridized carbons (Fsp3) is 0.100. The number of methoxy groups -OCH3 is 1. The summed E-state index contributed by atoms with van der Waals surface area (Å²) in [5.74, 6) is 1.28. The van der Waals surface area contributed by atoms with Crippen molar-refractivity contribution < 1.29 is 4.74 Å². The third kappa shape index (κ3) is 3.95. The average Bonchev–Trinajstić information content (AvgIpc) is 2.63. The van der Waals surface area contributed by atoms with Crippen LogP contribution in [0.1, 0.15) is 11.3 Å². The zero-order valence-electron chi connectivity index (χ0n) is 14.0. The second-order valence-corrected chi connectivity index (χ2v) is 5.57. The minimum Gasteiger partial charge on any atom is -0.497 e. The van der Waals surface area contributed by atoms with E-state index in [1.54, 1.807) is 12.0 Å². The van der Waals surface area contributed by atoms with Crippen molar-refractivity contribution in [3.8, 4) is 5.75 Å². The fourth-order valence-electron chi connectivity index (χ4n) is 2.62. The number of aromatic nitrogens is 1. The normalized spacial score (nSPS) is 10.3. The van der Waals surface area contributed by atoms with Gasteiger partial charge in [0.1, 0.15) is 11.6 Å². The summed E-state index contributed by atoms with van der Waals surface area (Å²) in [5.41, 5.74) is 8.68. The lowest BCUT2D eigenvalue weighted by atomic mass is 10.1. The van der Waals surface area contributed by atoms with Crippen LogP contribution in [0.4, 0.5) is 11.5 Å². The summed E-state index contributed by atoms with van der Waals surface area (Å²) in [7, 11) is 1.62. The Hall–Kier alpha value is -3.34. The van der Waals surface area contributed by atoms with Crippen molar-refractivity contribution in [2.24, 2.45) is 5.73 Å². The second kappa shape index (κ2) is 7.49. The number of anilines is 2. The third-order valence-corrected chi connectivity index (χ3v) is 3.82. The van der Waals surface area contributed by atoms with Crippen LogP contribution >= 0.6 is 0 Å². The third-order valence-electron chi connectivity index (χ3n) is 3.82. The molecule has 0 unspecified atom stereocenters. The van der Waals surface area contributed by atoms with Gasteiger partial charge in [-0.2, -0.15) is 0 Å².